The van der Waals surface area contributed by atoms with Gasteiger partial charge in [-0.15, -0.1) is 11.3 Å². The standard InChI is InChI=1S/C21H23FN4O3S/c22-15-4-6-16(7-5-15)24-10-12-25(13-11-24)18(27)3-1-2-9-26-20(28)19-17(8-14-30-19)23-21(26)29/h4-8,14H,1-3,9-13H2,(H,23,29). The monoisotopic (exact) mass is 430 g/mol. The van der Waals surface area contributed by atoms with Gasteiger partial charge in [-0.3, -0.25) is 14.2 Å². The molecule has 9 heteroatoms. The van der Waals surface area contributed by atoms with E-state index in [2.05, 4.69) is 9.88 Å². The van der Waals surface area contributed by atoms with E-state index in [4.69, 9.17) is 0 Å². The number of piperazine rings is 1. The Labute approximate surface area is 176 Å². The maximum absolute atomic E-state index is 13.1. The fourth-order valence-corrected chi connectivity index (χ4v) is 4.54. The summed E-state index contributed by atoms with van der Waals surface area (Å²) in [6.45, 7) is 2.98. The summed E-state index contributed by atoms with van der Waals surface area (Å²) in [7, 11) is 0. The van der Waals surface area contributed by atoms with Crippen LogP contribution >= 0.6 is 11.3 Å². The number of carbonyl (C=O) groups excluding carboxylic acids is 1. The van der Waals surface area contributed by atoms with Crippen LogP contribution in [0.1, 0.15) is 19.3 Å². The van der Waals surface area contributed by atoms with E-state index in [-0.39, 0.29) is 17.3 Å². The SMILES string of the molecule is O=C(CCCCn1c(=O)[nH]c2ccsc2c1=O)N1CCN(c2ccc(F)cc2)CC1. The van der Waals surface area contributed by atoms with E-state index in [1.54, 1.807) is 23.6 Å². The molecular weight excluding hydrogens is 407 g/mol. The number of fused-ring (bicyclic) bond motifs is 1. The average molecular weight is 431 g/mol. The fourth-order valence-electron chi connectivity index (χ4n) is 3.74. The van der Waals surface area contributed by atoms with Crippen molar-refractivity contribution in [2.75, 3.05) is 31.1 Å². The number of nitrogens with one attached hydrogen (secondary N) is 1. The van der Waals surface area contributed by atoms with E-state index in [9.17, 15) is 18.8 Å². The first-order valence-corrected chi connectivity index (χ1v) is 10.9. The van der Waals surface area contributed by atoms with Crippen LogP contribution in [0.4, 0.5) is 10.1 Å². The third kappa shape index (κ3) is 4.30. The van der Waals surface area contributed by atoms with Crippen LogP contribution in [0.5, 0.6) is 0 Å². The van der Waals surface area contributed by atoms with Crippen molar-refractivity contribution in [2.24, 2.45) is 0 Å². The number of thiophene rings is 1. The predicted molar refractivity (Wildman–Crippen MR) is 116 cm³/mol. The molecule has 1 fully saturated rings. The third-order valence-corrected chi connectivity index (χ3v) is 6.34. The Morgan fingerprint density at radius 3 is 2.50 bits per heavy atom. The molecule has 158 valence electrons. The number of benzene rings is 1. The molecule has 4 rings (SSSR count). The number of hydrogen-bond donors (Lipinski definition) is 1. The summed E-state index contributed by atoms with van der Waals surface area (Å²) in [5, 5.41) is 1.78. The lowest BCUT2D eigenvalue weighted by molar-refractivity contribution is -0.131. The maximum atomic E-state index is 13.1. The van der Waals surface area contributed by atoms with Gasteiger partial charge in [-0.2, -0.15) is 0 Å². The van der Waals surface area contributed by atoms with Crippen LogP contribution in [0.15, 0.2) is 45.3 Å². The first kappa shape index (κ1) is 20.3. The molecule has 1 amide bonds. The number of halogens is 1. The van der Waals surface area contributed by atoms with Gasteiger partial charge >= 0.3 is 5.69 Å². The number of carbonyl (C=O) groups is 1. The summed E-state index contributed by atoms with van der Waals surface area (Å²) in [5.41, 5.74) is 0.851. The molecule has 0 saturated carbocycles. The molecule has 2 aromatic heterocycles. The number of amides is 1. The lowest BCUT2D eigenvalue weighted by Gasteiger charge is -2.36. The summed E-state index contributed by atoms with van der Waals surface area (Å²) in [4.78, 5) is 43.7. The Morgan fingerprint density at radius 2 is 1.77 bits per heavy atom. The number of nitrogens with zero attached hydrogens (tertiary/aromatic N) is 3. The van der Waals surface area contributed by atoms with Gasteiger partial charge in [0, 0.05) is 44.8 Å². The summed E-state index contributed by atoms with van der Waals surface area (Å²) in [6, 6.07) is 8.12. The van der Waals surface area contributed by atoms with Gasteiger partial charge in [0.2, 0.25) is 5.91 Å². The van der Waals surface area contributed by atoms with E-state index in [0.29, 0.717) is 62.2 Å². The smallest absolute Gasteiger partial charge is 0.328 e. The number of aromatic amines is 1. The van der Waals surface area contributed by atoms with Crippen LogP contribution in [-0.4, -0.2) is 46.5 Å². The number of unbranched alkanes of at least 4 members (excludes halogenated alkanes) is 1. The minimum atomic E-state index is -0.408. The topological polar surface area (TPSA) is 78.4 Å². The van der Waals surface area contributed by atoms with Crippen molar-refractivity contribution in [3.63, 3.8) is 0 Å². The second kappa shape index (κ2) is 8.83. The number of anilines is 1. The minimum Gasteiger partial charge on any atom is -0.368 e. The summed E-state index contributed by atoms with van der Waals surface area (Å²) in [5.74, 6) is -0.171. The molecule has 30 heavy (non-hydrogen) atoms. The first-order valence-electron chi connectivity index (χ1n) is 10.0. The first-order chi connectivity index (χ1) is 14.5. The largest absolute Gasteiger partial charge is 0.368 e. The Hall–Kier alpha value is -2.94. The van der Waals surface area contributed by atoms with Gasteiger partial charge in [-0.1, -0.05) is 0 Å². The molecule has 0 unspecified atom stereocenters. The zero-order chi connectivity index (χ0) is 21.1. The molecule has 0 radical (unpaired) electrons. The highest BCUT2D eigenvalue weighted by Crippen LogP contribution is 2.17. The van der Waals surface area contributed by atoms with Gasteiger partial charge in [-0.25, -0.2) is 9.18 Å². The van der Waals surface area contributed by atoms with E-state index in [0.717, 1.165) is 5.69 Å². The van der Waals surface area contributed by atoms with Crippen molar-refractivity contribution >= 4 is 33.1 Å². The molecule has 0 aliphatic carbocycles. The molecule has 1 saturated heterocycles. The van der Waals surface area contributed by atoms with Crippen LogP contribution in [0.25, 0.3) is 10.2 Å². The van der Waals surface area contributed by atoms with Crippen molar-refractivity contribution in [3.8, 4) is 0 Å². The molecule has 0 spiro atoms. The molecule has 0 atom stereocenters. The fraction of sp³-hybridized carbons (Fsp3) is 0.381. The Bertz CT molecular complexity index is 1140. The average Bonchev–Trinajstić information content (AvgIpc) is 3.22. The molecule has 1 N–H and O–H groups in total. The van der Waals surface area contributed by atoms with E-state index < -0.39 is 5.69 Å². The highest BCUT2D eigenvalue weighted by Gasteiger charge is 2.21. The zero-order valence-corrected chi connectivity index (χ0v) is 17.3. The van der Waals surface area contributed by atoms with Crippen LogP contribution in [0, 0.1) is 5.82 Å². The molecule has 1 aromatic carbocycles. The molecule has 0 bridgehead atoms. The van der Waals surface area contributed by atoms with E-state index >= 15 is 0 Å². The van der Waals surface area contributed by atoms with Crippen LogP contribution < -0.4 is 16.1 Å². The van der Waals surface area contributed by atoms with Crippen molar-refractivity contribution in [1.82, 2.24) is 14.5 Å². The second-order valence-electron chi connectivity index (χ2n) is 7.35. The van der Waals surface area contributed by atoms with Crippen molar-refractivity contribution in [2.45, 2.75) is 25.8 Å². The minimum absolute atomic E-state index is 0.0868. The van der Waals surface area contributed by atoms with Crippen molar-refractivity contribution < 1.29 is 9.18 Å². The van der Waals surface area contributed by atoms with E-state index in [1.165, 1.54) is 28.0 Å². The Kier molecular flexibility index (Phi) is 5.98. The van der Waals surface area contributed by atoms with E-state index in [1.807, 2.05) is 4.90 Å². The van der Waals surface area contributed by atoms with Crippen LogP contribution in [0.2, 0.25) is 0 Å². The highest BCUT2D eigenvalue weighted by molar-refractivity contribution is 7.17. The van der Waals surface area contributed by atoms with Gasteiger partial charge in [0.1, 0.15) is 10.5 Å². The van der Waals surface area contributed by atoms with Crippen molar-refractivity contribution in [1.29, 1.82) is 0 Å². The quantitative estimate of drug-likeness (QED) is 0.609. The lowest BCUT2D eigenvalue weighted by atomic mass is 10.2. The Balaban J connectivity index is 1.24. The molecular formula is C21H23FN4O3S. The van der Waals surface area contributed by atoms with Gasteiger partial charge in [0.05, 0.1) is 5.52 Å². The van der Waals surface area contributed by atoms with Gasteiger partial charge in [0.25, 0.3) is 5.56 Å². The third-order valence-electron chi connectivity index (χ3n) is 5.44. The number of hydrogen-bond acceptors (Lipinski definition) is 5. The molecule has 1 aliphatic rings. The highest BCUT2D eigenvalue weighted by atomic mass is 32.1. The summed E-state index contributed by atoms with van der Waals surface area (Å²) in [6.07, 6.45) is 1.59. The summed E-state index contributed by atoms with van der Waals surface area (Å²) < 4.78 is 14.8. The Morgan fingerprint density at radius 1 is 1.03 bits per heavy atom. The van der Waals surface area contributed by atoms with Gasteiger partial charge in [0.15, 0.2) is 0 Å². The maximum Gasteiger partial charge on any atom is 0.328 e. The molecule has 1 aliphatic heterocycles. The second-order valence-corrected chi connectivity index (χ2v) is 8.27. The zero-order valence-electron chi connectivity index (χ0n) is 16.5. The van der Waals surface area contributed by atoms with Crippen molar-refractivity contribution in [3.05, 3.63) is 62.4 Å². The predicted octanol–water partition coefficient (Wildman–Crippen LogP) is 2.41. The lowest BCUT2D eigenvalue weighted by Crippen LogP contribution is -2.48. The summed E-state index contributed by atoms with van der Waals surface area (Å²) >= 11 is 1.31. The molecule has 3 aromatic rings. The van der Waals surface area contributed by atoms with Crippen LogP contribution in [0.3, 0.4) is 0 Å². The molecule has 7 nitrogen and oxygen atoms in total. The van der Waals surface area contributed by atoms with Gasteiger partial charge < -0.3 is 14.8 Å². The van der Waals surface area contributed by atoms with Gasteiger partial charge in [-0.05, 0) is 48.6 Å². The number of H-pyrrole nitrogens is 1. The number of aromatic nitrogens is 2. The molecule has 3 heterocycles. The normalized spacial score (nSPS) is 14.4. The number of rotatable bonds is 6. The van der Waals surface area contributed by atoms with Crippen LogP contribution in [-0.2, 0) is 11.3 Å².